The molecule has 2 N–H and O–H groups in total. The number of para-hydroxylation sites is 1. The van der Waals surface area contributed by atoms with E-state index in [0.717, 1.165) is 15.4 Å². The van der Waals surface area contributed by atoms with Gasteiger partial charge in [-0.2, -0.15) is 0 Å². The highest BCUT2D eigenvalue weighted by Gasteiger charge is 2.30. The Morgan fingerprint density at radius 3 is 2.20 bits per heavy atom. The SMILES string of the molecule is COc1ccc(OC)c(N(CC(=O)Nc2ccccc2C(=O)NCc2ccccc2)S(=O)(=O)c2ccc(C)cc2)c1. The first-order valence-corrected chi connectivity index (χ1v) is 14.2. The Morgan fingerprint density at radius 1 is 0.829 bits per heavy atom. The van der Waals surface area contributed by atoms with Crippen LogP contribution in [-0.2, 0) is 21.4 Å². The summed E-state index contributed by atoms with van der Waals surface area (Å²) in [6.45, 7) is 1.56. The number of anilines is 2. The lowest BCUT2D eigenvalue weighted by molar-refractivity contribution is -0.114. The zero-order chi connectivity index (χ0) is 29.4. The summed E-state index contributed by atoms with van der Waals surface area (Å²) in [5, 5.41) is 5.56. The van der Waals surface area contributed by atoms with Gasteiger partial charge < -0.3 is 20.1 Å². The fourth-order valence-electron chi connectivity index (χ4n) is 4.11. The highest BCUT2D eigenvalue weighted by atomic mass is 32.2. The van der Waals surface area contributed by atoms with E-state index in [1.165, 1.54) is 32.4 Å². The molecule has 0 aliphatic heterocycles. The zero-order valence-electron chi connectivity index (χ0n) is 23.0. The van der Waals surface area contributed by atoms with Crippen LogP contribution >= 0.6 is 0 Å². The molecule has 9 nitrogen and oxygen atoms in total. The molecule has 2 amide bonds. The number of carbonyl (C=O) groups is 2. The molecular formula is C31H31N3O6S. The average molecular weight is 574 g/mol. The molecule has 0 unspecified atom stereocenters. The molecule has 0 spiro atoms. The highest BCUT2D eigenvalue weighted by molar-refractivity contribution is 7.92. The van der Waals surface area contributed by atoms with Gasteiger partial charge in [-0.15, -0.1) is 0 Å². The Balaban J connectivity index is 1.63. The van der Waals surface area contributed by atoms with E-state index in [9.17, 15) is 18.0 Å². The lowest BCUT2D eigenvalue weighted by Gasteiger charge is -2.26. The molecule has 10 heteroatoms. The molecule has 0 bridgehead atoms. The number of methoxy groups -OCH3 is 2. The molecule has 0 aliphatic rings. The summed E-state index contributed by atoms with van der Waals surface area (Å²) in [4.78, 5) is 26.4. The number of rotatable bonds is 11. The number of nitrogens with one attached hydrogen (secondary N) is 2. The number of nitrogens with zero attached hydrogens (tertiary/aromatic N) is 1. The second-order valence-electron chi connectivity index (χ2n) is 9.12. The average Bonchev–Trinajstić information content (AvgIpc) is 2.99. The Labute approximate surface area is 239 Å². The minimum atomic E-state index is -4.22. The first-order valence-electron chi connectivity index (χ1n) is 12.8. The first kappa shape index (κ1) is 29.2. The molecule has 4 aromatic carbocycles. The second kappa shape index (κ2) is 13.0. The lowest BCUT2D eigenvalue weighted by Crippen LogP contribution is -2.38. The molecule has 0 aromatic heterocycles. The van der Waals surface area contributed by atoms with Crippen molar-refractivity contribution in [1.82, 2.24) is 5.32 Å². The normalized spacial score (nSPS) is 10.9. The van der Waals surface area contributed by atoms with Crippen LogP contribution in [0.3, 0.4) is 0 Å². The van der Waals surface area contributed by atoms with E-state index < -0.39 is 22.5 Å². The van der Waals surface area contributed by atoms with Crippen LogP contribution in [0.5, 0.6) is 11.5 Å². The van der Waals surface area contributed by atoms with Crippen molar-refractivity contribution in [3.8, 4) is 11.5 Å². The maximum absolute atomic E-state index is 13.9. The Kier molecular flexibility index (Phi) is 9.26. The van der Waals surface area contributed by atoms with Gasteiger partial charge in [-0.3, -0.25) is 13.9 Å². The van der Waals surface area contributed by atoms with Crippen LogP contribution in [0.2, 0.25) is 0 Å². The summed E-state index contributed by atoms with van der Waals surface area (Å²) in [5.41, 5.74) is 2.41. The van der Waals surface area contributed by atoms with E-state index in [1.807, 2.05) is 37.3 Å². The zero-order valence-corrected chi connectivity index (χ0v) is 23.8. The van der Waals surface area contributed by atoms with Gasteiger partial charge in [-0.1, -0.05) is 60.2 Å². The van der Waals surface area contributed by atoms with Gasteiger partial charge in [0, 0.05) is 12.6 Å². The maximum atomic E-state index is 13.9. The summed E-state index contributed by atoms with van der Waals surface area (Å²) in [5.74, 6) is -0.432. The van der Waals surface area contributed by atoms with Crippen LogP contribution < -0.4 is 24.4 Å². The van der Waals surface area contributed by atoms with Crippen LogP contribution in [-0.4, -0.2) is 41.0 Å². The molecule has 0 fully saturated rings. The van der Waals surface area contributed by atoms with Crippen LogP contribution in [0.4, 0.5) is 11.4 Å². The second-order valence-corrected chi connectivity index (χ2v) is 11.0. The fraction of sp³-hybridized carbons (Fsp3) is 0.161. The fourth-order valence-corrected chi connectivity index (χ4v) is 5.54. The topological polar surface area (TPSA) is 114 Å². The van der Waals surface area contributed by atoms with E-state index >= 15 is 0 Å². The largest absolute Gasteiger partial charge is 0.497 e. The van der Waals surface area contributed by atoms with E-state index in [2.05, 4.69) is 10.6 Å². The van der Waals surface area contributed by atoms with Crippen LogP contribution in [0, 0.1) is 6.92 Å². The molecule has 0 saturated carbocycles. The third kappa shape index (κ3) is 7.03. The molecule has 0 aliphatic carbocycles. The summed E-state index contributed by atoms with van der Waals surface area (Å²) in [7, 11) is -1.36. The molecule has 212 valence electrons. The number of sulfonamides is 1. The predicted octanol–water partition coefficient (Wildman–Crippen LogP) is 4.78. The third-order valence-electron chi connectivity index (χ3n) is 6.29. The van der Waals surface area contributed by atoms with Crippen LogP contribution in [0.15, 0.2) is 102 Å². The third-order valence-corrected chi connectivity index (χ3v) is 8.07. The maximum Gasteiger partial charge on any atom is 0.264 e. The summed E-state index contributed by atoms with van der Waals surface area (Å²) in [6.07, 6.45) is 0. The Morgan fingerprint density at radius 2 is 1.51 bits per heavy atom. The van der Waals surface area contributed by atoms with Crippen LogP contribution in [0.25, 0.3) is 0 Å². The van der Waals surface area contributed by atoms with Gasteiger partial charge in [-0.25, -0.2) is 8.42 Å². The quantitative estimate of drug-likeness (QED) is 0.267. The van der Waals surface area contributed by atoms with Crippen LogP contribution in [0.1, 0.15) is 21.5 Å². The molecule has 0 heterocycles. The van der Waals surface area contributed by atoms with Gasteiger partial charge >= 0.3 is 0 Å². The van der Waals surface area contributed by atoms with Crippen molar-refractivity contribution in [2.24, 2.45) is 0 Å². The van der Waals surface area contributed by atoms with Gasteiger partial charge in [0.05, 0.1) is 36.1 Å². The minimum absolute atomic E-state index is 0.00135. The molecule has 4 rings (SSSR count). The molecule has 0 atom stereocenters. The molecular weight excluding hydrogens is 542 g/mol. The molecule has 41 heavy (non-hydrogen) atoms. The van der Waals surface area contributed by atoms with Crippen molar-refractivity contribution in [3.05, 3.63) is 114 Å². The molecule has 0 radical (unpaired) electrons. The van der Waals surface area contributed by atoms with Gasteiger partial charge in [0.15, 0.2) is 0 Å². The Hall–Kier alpha value is -4.83. The van der Waals surface area contributed by atoms with Gasteiger partial charge in [0.25, 0.3) is 15.9 Å². The first-order chi connectivity index (χ1) is 19.7. The predicted molar refractivity (Wildman–Crippen MR) is 158 cm³/mol. The summed E-state index contributed by atoms with van der Waals surface area (Å²) >= 11 is 0. The molecule has 4 aromatic rings. The van der Waals surface area contributed by atoms with Gasteiger partial charge in [-0.05, 0) is 48.9 Å². The van der Waals surface area contributed by atoms with Crippen molar-refractivity contribution >= 4 is 33.2 Å². The van der Waals surface area contributed by atoms with Crippen molar-refractivity contribution in [2.45, 2.75) is 18.4 Å². The summed E-state index contributed by atoms with van der Waals surface area (Å²) in [6, 6.07) is 27.0. The number of benzene rings is 4. The number of hydrogen-bond donors (Lipinski definition) is 2. The van der Waals surface area contributed by atoms with E-state index in [4.69, 9.17) is 9.47 Å². The number of amides is 2. The Bertz CT molecular complexity index is 1620. The van der Waals surface area contributed by atoms with Crippen molar-refractivity contribution < 1.29 is 27.5 Å². The number of ether oxygens (including phenoxy) is 2. The number of carbonyl (C=O) groups excluding carboxylic acids is 2. The number of aryl methyl sites for hydroxylation is 1. The minimum Gasteiger partial charge on any atom is -0.497 e. The lowest BCUT2D eigenvalue weighted by atomic mass is 10.1. The monoisotopic (exact) mass is 573 g/mol. The van der Waals surface area contributed by atoms with Crippen molar-refractivity contribution in [2.75, 3.05) is 30.4 Å². The molecule has 0 saturated heterocycles. The highest BCUT2D eigenvalue weighted by Crippen LogP contribution is 2.35. The smallest absolute Gasteiger partial charge is 0.264 e. The van der Waals surface area contributed by atoms with E-state index in [-0.39, 0.29) is 33.5 Å². The van der Waals surface area contributed by atoms with E-state index in [1.54, 1.807) is 48.5 Å². The van der Waals surface area contributed by atoms with Crippen molar-refractivity contribution in [3.63, 3.8) is 0 Å². The summed E-state index contributed by atoms with van der Waals surface area (Å²) < 4.78 is 39.5. The number of hydrogen-bond acceptors (Lipinski definition) is 6. The van der Waals surface area contributed by atoms with Gasteiger partial charge in [0.2, 0.25) is 5.91 Å². The van der Waals surface area contributed by atoms with Crippen molar-refractivity contribution in [1.29, 1.82) is 0 Å². The standard InChI is InChI=1S/C31H31N3O6S/c1-22-13-16-25(17-14-22)41(37,38)34(28-19-24(39-2)15-18-29(28)40-3)21-30(35)33-27-12-8-7-11-26(27)31(36)32-20-23-9-5-4-6-10-23/h4-19H,20-21H2,1-3H3,(H,32,36)(H,33,35). The van der Waals surface area contributed by atoms with E-state index in [0.29, 0.717) is 12.3 Å². The van der Waals surface area contributed by atoms with Gasteiger partial charge in [0.1, 0.15) is 18.0 Å².